The zero-order valence-corrected chi connectivity index (χ0v) is 11.8. The third-order valence-electron chi connectivity index (χ3n) is 3.49. The lowest BCUT2D eigenvalue weighted by Crippen LogP contribution is -2.24. The lowest BCUT2D eigenvalue weighted by molar-refractivity contribution is 0.210. The van der Waals surface area contributed by atoms with Gasteiger partial charge < -0.3 is 10.1 Å². The maximum atomic E-state index is 6.20. The fraction of sp³-hybridized carbons (Fsp3) is 0.250. The lowest BCUT2D eigenvalue weighted by Gasteiger charge is -2.29. The van der Waals surface area contributed by atoms with Crippen molar-refractivity contribution >= 4 is 17.3 Å². The number of hydrogen-bond donors (Lipinski definition) is 1. The summed E-state index contributed by atoms with van der Waals surface area (Å²) >= 11 is 6.20. The van der Waals surface area contributed by atoms with Gasteiger partial charge in [-0.15, -0.1) is 0 Å². The second-order valence-corrected chi connectivity index (χ2v) is 5.37. The van der Waals surface area contributed by atoms with E-state index in [-0.39, 0.29) is 6.10 Å². The van der Waals surface area contributed by atoms with Gasteiger partial charge in [0.05, 0.1) is 17.3 Å². The molecule has 3 rings (SSSR count). The monoisotopic (exact) mass is 273 g/mol. The molecule has 1 N–H and O–H groups in total. The summed E-state index contributed by atoms with van der Waals surface area (Å²) in [6.07, 6.45) is 0.00676. The average Bonchev–Trinajstić information content (AvgIpc) is 2.42. The molecule has 0 saturated carbocycles. The van der Waals surface area contributed by atoms with Gasteiger partial charge in [-0.2, -0.15) is 0 Å². The van der Waals surface area contributed by atoms with Crippen LogP contribution in [0.2, 0.25) is 5.02 Å². The van der Waals surface area contributed by atoms with Gasteiger partial charge in [-0.3, -0.25) is 0 Å². The number of aryl methyl sites for hydroxylation is 2. The molecular weight excluding hydrogens is 258 g/mol. The molecule has 0 fully saturated rings. The normalized spacial score (nSPS) is 17.3. The molecule has 1 heterocycles. The van der Waals surface area contributed by atoms with Crippen molar-refractivity contribution in [3.63, 3.8) is 0 Å². The molecule has 2 aromatic rings. The van der Waals surface area contributed by atoms with Crippen LogP contribution in [0.1, 0.15) is 22.8 Å². The molecule has 2 nitrogen and oxygen atoms in total. The van der Waals surface area contributed by atoms with Gasteiger partial charge in [0.15, 0.2) is 5.75 Å². The number of fused-ring (bicyclic) bond motifs is 1. The smallest absolute Gasteiger partial charge is 0.161 e. The number of para-hydroxylation sites is 1. The molecule has 0 saturated heterocycles. The Bertz CT molecular complexity index is 624. The third-order valence-corrected chi connectivity index (χ3v) is 3.78. The van der Waals surface area contributed by atoms with Gasteiger partial charge in [0.25, 0.3) is 0 Å². The number of hydrogen-bond acceptors (Lipinski definition) is 2. The van der Waals surface area contributed by atoms with E-state index in [2.05, 4.69) is 37.4 Å². The first-order valence-electron chi connectivity index (χ1n) is 6.41. The molecule has 2 aromatic carbocycles. The van der Waals surface area contributed by atoms with E-state index in [1.54, 1.807) is 0 Å². The van der Waals surface area contributed by atoms with Crippen molar-refractivity contribution in [1.29, 1.82) is 0 Å². The van der Waals surface area contributed by atoms with Crippen molar-refractivity contribution in [2.75, 3.05) is 11.9 Å². The van der Waals surface area contributed by atoms with Crippen molar-refractivity contribution < 1.29 is 4.74 Å². The first-order valence-corrected chi connectivity index (χ1v) is 6.79. The van der Waals surface area contributed by atoms with Gasteiger partial charge in [0.2, 0.25) is 0 Å². The van der Waals surface area contributed by atoms with Gasteiger partial charge >= 0.3 is 0 Å². The maximum Gasteiger partial charge on any atom is 0.161 e. The molecule has 0 radical (unpaired) electrons. The molecule has 0 aromatic heterocycles. The highest BCUT2D eigenvalue weighted by atomic mass is 35.5. The molecule has 1 aliphatic heterocycles. The van der Waals surface area contributed by atoms with Crippen LogP contribution in [0, 0.1) is 13.8 Å². The molecule has 0 aliphatic carbocycles. The molecule has 1 unspecified atom stereocenters. The van der Waals surface area contributed by atoms with Crippen molar-refractivity contribution in [3.05, 3.63) is 58.1 Å². The van der Waals surface area contributed by atoms with Crippen molar-refractivity contribution in [3.8, 4) is 5.75 Å². The van der Waals surface area contributed by atoms with Crippen molar-refractivity contribution in [1.82, 2.24) is 0 Å². The number of nitrogens with one attached hydrogen (secondary N) is 1. The largest absolute Gasteiger partial charge is 0.480 e. The minimum absolute atomic E-state index is 0.00676. The van der Waals surface area contributed by atoms with Crippen LogP contribution in [0.15, 0.2) is 36.4 Å². The summed E-state index contributed by atoms with van der Waals surface area (Å²) in [4.78, 5) is 0. The minimum atomic E-state index is 0.00676. The summed E-state index contributed by atoms with van der Waals surface area (Å²) < 4.78 is 6.09. The maximum absolute atomic E-state index is 6.20. The first-order chi connectivity index (χ1) is 9.15. The van der Waals surface area contributed by atoms with Crippen LogP contribution in [-0.4, -0.2) is 6.54 Å². The summed E-state index contributed by atoms with van der Waals surface area (Å²) in [5, 5.41) is 4.04. The zero-order valence-electron chi connectivity index (χ0n) is 11.0. The highest BCUT2D eigenvalue weighted by Crippen LogP contribution is 2.40. The van der Waals surface area contributed by atoms with Gasteiger partial charge in [0, 0.05) is 0 Å². The molecule has 19 heavy (non-hydrogen) atoms. The summed E-state index contributed by atoms with van der Waals surface area (Å²) in [5.74, 6) is 0.751. The minimum Gasteiger partial charge on any atom is -0.480 e. The Kier molecular flexibility index (Phi) is 3.11. The van der Waals surface area contributed by atoms with Crippen LogP contribution in [0.25, 0.3) is 0 Å². The van der Waals surface area contributed by atoms with Gasteiger partial charge in [-0.05, 0) is 37.1 Å². The van der Waals surface area contributed by atoms with Gasteiger partial charge in [-0.1, -0.05) is 41.4 Å². The summed E-state index contributed by atoms with van der Waals surface area (Å²) in [5.41, 5.74) is 4.68. The van der Waals surface area contributed by atoms with E-state index in [4.69, 9.17) is 16.3 Å². The molecule has 1 atom stereocenters. The number of rotatable bonds is 1. The van der Waals surface area contributed by atoms with E-state index in [9.17, 15) is 0 Å². The SMILES string of the molecule is Cc1ccc(C)c(C2CNc3cccc(Cl)c3O2)c1. The molecule has 98 valence electrons. The van der Waals surface area contributed by atoms with E-state index in [1.807, 2.05) is 18.2 Å². The van der Waals surface area contributed by atoms with E-state index < -0.39 is 0 Å². The summed E-state index contributed by atoms with van der Waals surface area (Å²) in [7, 11) is 0. The predicted octanol–water partition coefficient (Wildman–Crippen LogP) is 4.50. The number of halogens is 1. The summed E-state index contributed by atoms with van der Waals surface area (Å²) in [6.45, 7) is 4.97. The van der Waals surface area contributed by atoms with Crippen molar-refractivity contribution in [2.24, 2.45) is 0 Å². The molecule has 1 aliphatic rings. The quantitative estimate of drug-likeness (QED) is 0.826. The van der Waals surface area contributed by atoms with Crippen LogP contribution in [0.5, 0.6) is 5.75 Å². The molecular formula is C16H16ClNO. The lowest BCUT2D eigenvalue weighted by atomic mass is 9.99. The number of anilines is 1. The fourth-order valence-corrected chi connectivity index (χ4v) is 2.65. The Morgan fingerprint density at radius 1 is 1.21 bits per heavy atom. The number of ether oxygens (including phenoxy) is 1. The Labute approximate surface area is 118 Å². The molecule has 3 heteroatoms. The second kappa shape index (κ2) is 4.78. The van der Waals surface area contributed by atoms with E-state index in [0.717, 1.165) is 18.0 Å². The highest BCUT2D eigenvalue weighted by molar-refractivity contribution is 6.32. The standard InChI is InChI=1S/C16H16ClNO/c1-10-6-7-11(2)12(8-10)15-9-18-14-5-3-4-13(17)16(14)19-15/h3-8,15,18H,9H2,1-2H3. The van der Waals surface area contributed by atoms with E-state index in [0.29, 0.717) is 5.02 Å². The van der Waals surface area contributed by atoms with Crippen LogP contribution in [-0.2, 0) is 0 Å². The first kappa shape index (κ1) is 12.4. The van der Waals surface area contributed by atoms with Crippen LogP contribution < -0.4 is 10.1 Å². The molecule has 0 amide bonds. The third kappa shape index (κ3) is 2.28. The second-order valence-electron chi connectivity index (χ2n) is 4.96. The van der Waals surface area contributed by atoms with E-state index in [1.165, 1.54) is 16.7 Å². The van der Waals surface area contributed by atoms with Crippen LogP contribution in [0.3, 0.4) is 0 Å². The Morgan fingerprint density at radius 2 is 2.05 bits per heavy atom. The number of benzene rings is 2. The Morgan fingerprint density at radius 3 is 2.89 bits per heavy atom. The van der Waals surface area contributed by atoms with Gasteiger partial charge in [-0.25, -0.2) is 0 Å². The van der Waals surface area contributed by atoms with Crippen LogP contribution in [0.4, 0.5) is 5.69 Å². The zero-order chi connectivity index (χ0) is 13.4. The van der Waals surface area contributed by atoms with Crippen LogP contribution >= 0.6 is 11.6 Å². The van der Waals surface area contributed by atoms with Crippen molar-refractivity contribution in [2.45, 2.75) is 20.0 Å². The fourth-order valence-electron chi connectivity index (χ4n) is 2.43. The Hall–Kier alpha value is -1.67. The van der Waals surface area contributed by atoms with Gasteiger partial charge in [0.1, 0.15) is 6.10 Å². The predicted molar refractivity (Wildman–Crippen MR) is 79.2 cm³/mol. The average molecular weight is 274 g/mol. The molecule has 0 bridgehead atoms. The Balaban J connectivity index is 1.97. The summed E-state index contributed by atoms with van der Waals surface area (Å²) in [6, 6.07) is 12.2. The topological polar surface area (TPSA) is 21.3 Å². The highest BCUT2D eigenvalue weighted by Gasteiger charge is 2.23. The van der Waals surface area contributed by atoms with E-state index >= 15 is 0 Å². The molecule has 0 spiro atoms.